The van der Waals surface area contributed by atoms with Gasteiger partial charge >= 0.3 is 0 Å². The van der Waals surface area contributed by atoms with E-state index in [9.17, 15) is 4.79 Å². The van der Waals surface area contributed by atoms with Gasteiger partial charge in [0.05, 0.1) is 6.42 Å². The Morgan fingerprint density at radius 3 is 2.42 bits per heavy atom. The van der Waals surface area contributed by atoms with Gasteiger partial charge < -0.3 is 24.8 Å². The zero-order valence-corrected chi connectivity index (χ0v) is 21.9. The Morgan fingerprint density at radius 1 is 1.19 bits per heavy atom. The molecule has 0 atom stereocenters. The summed E-state index contributed by atoms with van der Waals surface area (Å²) < 4.78 is 5.57. The van der Waals surface area contributed by atoms with Crippen LogP contribution in [-0.4, -0.2) is 99.2 Å². The number of nitrogens with zero attached hydrogens (tertiary/aromatic N) is 4. The number of halogens is 2. The highest BCUT2D eigenvalue weighted by atomic mass is 127. The summed E-state index contributed by atoms with van der Waals surface area (Å²) in [4.78, 5) is 23.7. The lowest BCUT2D eigenvalue weighted by molar-refractivity contribution is -0.131. The first-order valence-corrected chi connectivity index (χ1v) is 11.0. The minimum absolute atomic E-state index is 0. The van der Waals surface area contributed by atoms with E-state index in [0.29, 0.717) is 24.5 Å². The molecule has 1 aromatic carbocycles. The molecule has 0 spiro atoms. The monoisotopic (exact) mass is 563 g/mol. The lowest BCUT2D eigenvalue weighted by atomic mass is 9.88. The average molecular weight is 564 g/mol. The van der Waals surface area contributed by atoms with Crippen molar-refractivity contribution in [3.8, 4) is 0 Å². The van der Waals surface area contributed by atoms with Crippen molar-refractivity contribution in [3.63, 3.8) is 0 Å². The molecular formula is C22H35ClIN5O2. The molecule has 31 heavy (non-hydrogen) atoms. The van der Waals surface area contributed by atoms with E-state index >= 15 is 0 Å². The summed E-state index contributed by atoms with van der Waals surface area (Å²) in [5.74, 6) is 1.05. The van der Waals surface area contributed by atoms with E-state index in [0.717, 1.165) is 57.2 Å². The van der Waals surface area contributed by atoms with Crippen LogP contribution in [0.2, 0.25) is 5.02 Å². The van der Waals surface area contributed by atoms with Gasteiger partial charge in [-0.25, -0.2) is 0 Å². The average Bonchev–Trinajstić information content (AvgIpc) is 2.75. The largest absolute Gasteiger partial charge is 0.381 e. The first kappa shape index (κ1) is 26.2. The maximum atomic E-state index is 12.7. The second-order valence-corrected chi connectivity index (χ2v) is 8.74. The van der Waals surface area contributed by atoms with Crippen molar-refractivity contribution in [1.29, 1.82) is 0 Å². The van der Waals surface area contributed by atoms with Gasteiger partial charge in [-0.05, 0) is 44.6 Å². The molecule has 2 heterocycles. The van der Waals surface area contributed by atoms with Crippen LogP contribution in [0.4, 0.5) is 0 Å². The first-order chi connectivity index (χ1) is 14.4. The quantitative estimate of drug-likeness (QED) is 0.339. The number of ether oxygens (including phenoxy) is 1. The maximum absolute atomic E-state index is 12.7. The minimum atomic E-state index is 0. The van der Waals surface area contributed by atoms with E-state index in [4.69, 9.17) is 16.3 Å². The molecule has 2 saturated heterocycles. The molecule has 0 radical (unpaired) electrons. The molecule has 0 aliphatic carbocycles. The molecule has 2 fully saturated rings. The molecule has 3 rings (SSSR count). The van der Waals surface area contributed by atoms with Crippen LogP contribution in [0, 0.1) is 0 Å². The topological polar surface area (TPSA) is 60.4 Å². The number of aliphatic imine (C=N–C) groups is 1. The lowest BCUT2D eigenvalue weighted by Crippen LogP contribution is -2.59. The van der Waals surface area contributed by atoms with Gasteiger partial charge in [0.15, 0.2) is 5.96 Å². The number of nitrogens with one attached hydrogen (secondary N) is 1. The fourth-order valence-electron chi connectivity index (χ4n) is 4.21. The van der Waals surface area contributed by atoms with Gasteiger partial charge in [0.1, 0.15) is 0 Å². The van der Waals surface area contributed by atoms with E-state index in [2.05, 4.69) is 34.2 Å². The summed E-state index contributed by atoms with van der Waals surface area (Å²) in [5, 5.41) is 4.25. The minimum Gasteiger partial charge on any atom is -0.381 e. The van der Waals surface area contributed by atoms with Gasteiger partial charge in [0, 0.05) is 63.5 Å². The van der Waals surface area contributed by atoms with Gasteiger partial charge in [-0.1, -0.05) is 23.7 Å². The van der Waals surface area contributed by atoms with Crippen molar-refractivity contribution in [2.24, 2.45) is 4.99 Å². The fourth-order valence-corrected chi connectivity index (χ4v) is 4.42. The molecular weight excluding hydrogens is 529 g/mol. The number of benzene rings is 1. The highest BCUT2D eigenvalue weighted by molar-refractivity contribution is 14.0. The van der Waals surface area contributed by atoms with Gasteiger partial charge in [-0.2, -0.15) is 0 Å². The number of amides is 1. The zero-order valence-electron chi connectivity index (χ0n) is 18.8. The number of likely N-dealkylation sites (N-methyl/N-ethyl adjacent to an activating group) is 1. The van der Waals surface area contributed by atoms with Crippen LogP contribution in [0.25, 0.3) is 0 Å². The number of piperazine rings is 1. The summed E-state index contributed by atoms with van der Waals surface area (Å²) in [6, 6.07) is 7.52. The van der Waals surface area contributed by atoms with Crippen molar-refractivity contribution in [2.75, 3.05) is 67.1 Å². The highest BCUT2D eigenvalue weighted by Crippen LogP contribution is 2.25. The number of rotatable bonds is 5. The summed E-state index contributed by atoms with van der Waals surface area (Å²) in [6.07, 6.45) is 2.41. The predicted octanol–water partition coefficient (Wildman–Crippen LogP) is 2.33. The molecule has 9 heteroatoms. The van der Waals surface area contributed by atoms with E-state index < -0.39 is 0 Å². The Balaban J connectivity index is 0.00000341. The van der Waals surface area contributed by atoms with Crippen molar-refractivity contribution in [3.05, 3.63) is 34.9 Å². The van der Waals surface area contributed by atoms with E-state index in [1.165, 1.54) is 0 Å². The maximum Gasteiger partial charge on any atom is 0.227 e. The van der Waals surface area contributed by atoms with Crippen LogP contribution >= 0.6 is 35.6 Å². The summed E-state index contributed by atoms with van der Waals surface area (Å²) >= 11 is 6.04. The molecule has 174 valence electrons. The predicted molar refractivity (Wildman–Crippen MR) is 137 cm³/mol. The second kappa shape index (κ2) is 12.2. The van der Waals surface area contributed by atoms with Crippen LogP contribution in [0.3, 0.4) is 0 Å². The zero-order chi connectivity index (χ0) is 21.6. The Morgan fingerprint density at radius 2 is 1.84 bits per heavy atom. The van der Waals surface area contributed by atoms with E-state index in [1.54, 1.807) is 0 Å². The summed E-state index contributed by atoms with van der Waals surface area (Å²) in [6.45, 7) is 5.39. The third kappa shape index (κ3) is 6.94. The SMILES string of the molecule is CN=C(NCC1(N(C)C)CCOCC1)N1CCN(C(=O)Cc2cccc(Cl)c2)CC1.I. The molecule has 1 N–H and O–H groups in total. The van der Waals surface area contributed by atoms with Crippen molar-refractivity contribution < 1.29 is 9.53 Å². The molecule has 0 aromatic heterocycles. The second-order valence-electron chi connectivity index (χ2n) is 8.31. The highest BCUT2D eigenvalue weighted by Gasteiger charge is 2.35. The van der Waals surface area contributed by atoms with Gasteiger partial charge in [0.25, 0.3) is 0 Å². The van der Waals surface area contributed by atoms with Crippen molar-refractivity contribution in [2.45, 2.75) is 24.8 Å². The normalized spacial score (nSPS) is 19.2. The molecule has 0 bridgehead atoms. The number of carbonyl (C=O) groups is 1. The molecule has 7 nitrogen and oxygen atoms in total. The first-order valence-electron chi connectivity index (χ1n) is 10.7. The number of guanidine groups is 1. The number of hydrogen-bond acceptors (Lipinski definition) is 4. The third-order valence-corrected chi connectivity index (χ3v) is 6.57. The lowest BCUT2D eigenvalue weighted by Gasteiger charge is -2.44. The third-order valence-electron chi connectivity index (χ3n) is 6.34. The molecule has 2 aliphatic heterocycles. The van der Waals surface area contributed by atoms with Gasteiger partial charge in [0.2, 0.25) is 5.91 Å². The molecule has 2 aliphatic rings. The smallest absolute Gasteiger partial charge is 0.227 e. The van der Waals surface area contributed by atoms with Crippen LogP contribution in [0.1, 0.15) is 18.4 Å². The Kier molecular flexibility index (Phi) is 10.3. The van der Waals surface area contributed by atoms with Crippen molar-refractivity contribution in [1.82, 2.24) is 20.0 Å². The fraction of sp³-hybridized carbons (Fsp3) is 0.636. The van der Waals surface area contributed by atoms with Gasteiger partial charge in [-0.3, -0.25) is 9.79 Å². The number of hydrogen-bond donors (Lipinski definition) is 1. The Bertz CT molecular complexity index is 747. The molecule has 1 amide bonds. The summed E-state index contributed by atoms with van der Waals surface area (Å²) in [7, 11) is 6.10. The van der Waals surface area contributed by atoms with Crippen LogP contribution in [0.5, 0.6) is 0 Å². The molecule has 0 saturated carbocycles. The van der Waals surface area contributed by atoms with E-state index in [-0.39, 0.29) is 35.4 Å². The molecule has 0 unspecified atom stereocenters. The Hall–Kier alpha value is -1.10. The summed E-state index contributed by atoms with van der Waals surface area (Å²) in [5.41, 5.74) is 1.04. The van der Waals surface area contributed by atoms with Crippen LogP contribution in [-0.2, 0) is 16.0 Å². The van der Waals surface area contributed by atoms with Crippen molar-refractivity contribution >= 4 is 47.4 Å². The van der Waals surface area contributed by atoms with Gasteiger partial charge in [-0.15, -0.1) is 24.0 Å². The van der Waals surface area contributed by atoms with E-state index in [1.807, 2.05) is 36.2 Å². The van der Waals surface area contributed by atoms with Crippen LogP contribution < -0.4 is 5.32 Å². The Labute approximate surface area is 208 Å². The van der Waals surface area contributed by atoms with Crippen LogP contribution in [0.15, 0.2) is 29.3 Å². The number of carbonyl (C=O) groups excluding carboxylic acids is 1. The molecule has 1 aromatic rings. The standard InChI is InChI=1S/C22H34ClN5O2.HI/c1-24-21(25-17-22(26(2)3)7-13-30-14-8-22)28-11-9-27(10-12-28)20(29)16-18-5-4-6-19(23)15-18;/h4-6,15H,7-14,16-17H2,1-3H3,(H,24,25);1H.